The first-order valence-electron chi connectivity index (χ1n) is 7.84. The van der Waals surface area contributed by atoms with Gasteiger partial charge in [-0.3, -0.25) is 0 Å². The van der Waals surface area contributed by atoms with E-state index in [-0.39, 0.29) is 13.0 Å². The second-order valence-electron chi connectivity index (χ2n) is 7.66. The van der Waals surface area contributed by atoms with E-state index < -0.39 is 29.4 Å². The lowest BCUT2D eigenvalue weighted by molar-refractivity contribution is -0.109. The first-order valence-corrected chi connectivity index (χ1v) is 7.84. The molecular formula is C16H28N2O5. The monoisotopic (exact) mass is 328 g/mol. The van der Waals surface area contributed by atoms with Crippen molar-refractivity contribution in [2.45, 2.75) is 65.2 Å². The Morgan fingerprint density at radius 1 is 1.00 bits per heavy atom. The minimum Gasteiger partial charge on any atom is -0.444 e. The summed E-state index contributed by atoms with van der Waals surface area (Å²) in [6, 6.07) is -0.399. The van der Waals surface area contributed by atoms with Crippen LogP contribution in [0.4, 0.5) is 9.59 Å². The second kappa shape index (κ2) is 7.19. The van der Waals surface area contributed by atoms with Crippen molar-refractivity contribution in [2.75, 3.05) is 19.6 Å². The van der Waals surface area contributed by atoms with Crippen molar-refractivity contribution >= 4 is 18.5 Å². The second-order valence-corrected chi connectivity index (χ2v) is 7.66. The van der Waals surface area contributed by atoms with E-state index in [0.717, 1.165) is 6.29 Å². The van der Waals surface area contributed by atoms with Crippen molar-refractivity contribution in [1.82, 2.24) is 9.80 Å². The molecule has 1 fully saturated rings. The van der Waals surface area contributed by atoms with Crippen LogP contribution < -0.4 is 0 Å². The van der Waals surface area contributed by atoms with Gasteiger partial charge < -0.3 is 24.1 Å². The number of rotatable bonds is 2. The molecule has 7 nitrogen and oxygen atoms in total. The predicted molar refractivity (Wildman–Crippen MR) is 85.2 cm³/mol. The summed E-state index contributed by atoms with van der Waals surface area (Å²) in [4.78, 5) is 38.4. The summed E-state index contributed by atoms with van der Waals surface area (Å²) in [5.74, 6) is 0. The maximum Gasteiger partial charge on any atom is 0.410 e. The molecular weight excluding hydrogens is 300 g/mol. The van der Waals surface area contributed by atoms with Crippen LogP contribution in [-0.4, -0.2) is 65.2 Å². The summed E-state index contributed by atoms with van der Waals surface area (Å²) in [5.41, 5.74) is -1.19. The highest BCUT2D eigenvalue weighted by molar-refractivity contribution is 5.72. The number of piperazine rings is 1. The van der Waals surface area contributed by atoms with Crippen LogP contribution in [-0.2, 0) is 14.3 Å². The molecule has 1 aliphatic rings. The van der Waals surface area contributed by atoms with Gasteiger partial charge in [0, 0.05) is 26.1 Å². The Hall–Kier alpha value is -1.79. The summed E-state index contributed by atoms with van der Waals surface area (Å²) >= 11 is 0. The first-order chi connectivity index (χ1) is 10.4. The normalized spacial score (nSPS) is 19.3. The topological polar surface area (TPSA) is 76.2 Å². The van der Waals surface area contributed by atoms with Gasteiger partial charge >= 0.3 is 12.2 Å². The van der Waals surface area contributed by atoms with Crippen molar-refractivity contribution in [3.8, 4) is 0 Å². The molecule has 132 valence electrons. The molecule has 0 bridgehead atoms. The van der Waals surface area contributed by atoms with Crippen molar-refractivity contribution < 1.29 is 23.9 Å². The van der Waals surface area contributed by atoms with E-state index in [1.165, 1.54) is 9.80 Å². The molecule has 0 aromatic rings. The molecule has 23 heavy (non-hydrogen) atoms. The molecule has 1 heterocycles. The lowest BCUT2D eigenvalue weighted by atomic mass is 10.1. The maximum absolute atomic E-state index is 12.3. The summed E-state index contributed by atoms with van der Waals surface area (Å²) in [5, 5.41) is 0. The van der Waals surface area contributed by atoms with E-state index in [9.17, 15) is 14.4 Å². The van der Waals surface area contributed by atoms with Gasteiger partial charge in [-0.2, -0.15) is 0 Å². The zero-order chi connectivity index (χ0) is 17.8. The lowest BCUT2D eigenvalue weighted by Gasteiger charge is -2.41. The third kappa shape index (κ3) is 6.46. The van der Waals surface area contributed by atoms with Crippen LogP contribution >= 0.6 is 0 Å². The highest BCUT2D eigenvalue weighted by Crippen LogP contribution is 2.19. The van der Waals surface area contributed by atoms with E-state index in [1.54, 1.807) is 41.5 Å². The Balaban J connectivity index is 2.75. The van der Waals surface area contributed by atoms with Gasteiger partial charge in [-0.15, -0.1) is 0 Å². The van der Waals surface area contributed by atoms with Gasteiger partial charge in [0.05, 0.1) is 6.04 Å². The molecule has 0 aromatic carbocycles. The van der Waals surface area contributed by atoms with E-state index in [4.69, 9.17) is 9.47 Å². The van der Waals surface area contributed by atoms with Gasteiger partial charge in [0.1, 0.15) is 17.5 Å². The minimum atomic E-state index is -0.606. The number of carbonyl (C=O) groups excluding carboxylic acids is 3. The summed E-state index contributed by atoms with van der Waals surface area (Å²) < 4.78 is 10.7. The van der Waals surface area contributed by atoms with Gasteiger partial charge in [0.15, 0.2) is 0 Å². The van der Waals surface area contributed by atoms with Crippen molar-refractivity contribution in [1.29, 1.82) is 0 Å². The van der Waals surface area contributed by atoms with Gasteiger partial charge in [-0.05, 0) is 41.5 Å². The zero-order valence-electron chi connectivity index (χ0n) is 14.9. The van der Waals surface area contributed by atoms with Crippen LogP contribution in [0.15, 0.2) is 0 Å². The summed E-state index contributed by atoms with van der Waals surface area (Å²) in [6.07, 6.45) is 0.00420. The first kappa shape index (κ1) is 19.3. The zero-order valence-corrected chi connectivity index (χ0v) is 14.9. The molecule has 1 unspecified atom stereocenters. The number of amides is 2. The third-order valence-corrected chi connectivity index (χ3v) is 3.13. The number of nitrogens with zero attached hydrogens (tertiary/aromatic N) is 2. The predicted octanol–water partition coefficient (Wildman–Crippen LogP) is 2.43. The molecule has 7 heteroatoms. The highest BCUT2D eigenvalue weighted by Gasteiger charge is 2.36. The Bertz CT molecular complexity index is 450. The minimum absolute atomic E-state index is 0.151. The van der Waals surface area contributed by atoms with Gasteiger partial charge in [-0.25, -0.2) is 9.59 Å². The fourth-order valence-corrected chi connectivity index (χ4v) is 2.22. The maximum atomic E-state index is 12.3. The third-order valence-electron chi connectivity index (χ3n) is 3.13. The Morgan fingerprint density at radius 2 is 1.52 bits per heavy atom. The number of carbonyl (C=O) groups is 3. The van der Waals surface area contributed by atoms with Crippen LogP contribution in [0.5, 0.6) is 0 Å². The number of hydrogen-bond acceptors (Lipinski definition) is 5. The molecule has 0 saturated carbocycles. The largest absolute Gasteiger partial charge is 0.444 e. The average molecular weight is 328 g/mol. The molecule has 1 rings (SSSR count). The summed E-state index contributed by atoms with van der Waals surface area (Å²) in [6.45, 7) is 11.7. The SMILES string of the molecule is CC(C)(C)OC(=O)N1CCN(C(=O)OC(C)(C)C)C(CC=O)C1. The van der Waals surface area contributed by atoms with E-state index in [2.05, 4.69) is 0 Å². The van der Waals surface area contributed by atoms with Gasteiger partial charge in [0.2, 0.25) is 0 Å². The van der Waals surface area contributed by atoms with Crippen LogP contribution in [0, 0.1) is 0 Å². The van der Waals surface area contributed by atoms with Crippen molar-refractivity contribution in [2.24, 2.45) is 0 Å². The van der Waals surface area contributed by atoms with Gasteiger partial charge in [0.25, 0.3) is 0 Å². The smallest absolute Gasteiger partial charge is 0.410 e. The molecule has 0 radical (unpaired) electrons. The average Bonchev–Trinajstić information content (AvgIpc) is 2.34. The highest BCUT2D eigenvalue weighted by atomic mass is 16.6. The lowest BCUT2D eigenvalue weighted by Crippen LogP contribution is -2.58. The van der Waals surface area contributed by atoms with E-state index >= 15 is 0 Å². The fraction of sp³-hybridized carbons (Fsp3) is 0.812. The summed E-state index contributed by atoms with van der Waals surface area (Å²) in [7, 11) is 0. The number of aldehydes is 1. The molecule has 1 saturated heterocycles. The van der Waals surface area contributed by atoms with E-state index in [1.807, 2.05) is 0 Å². The van der Waals surface area contributed by atoms with Crippen molar-refractivity contribution in [3.05, 3.63) is 0 Å². The van der Waals surface area contributed by atoms with Crippen molar-refractivity contribution in [3.63, 3.8) is 0 Å². The molecule has 0 aliphatic carbocycles. The molecule has 0 spiro atoms. The quantitative estimate of drug-likeness (QED) is 0.728. The molecule has 0 N–H and O–H groups in total. The number of hydrogen-bond donors (Lipinski definition) is 0. The van der Waals surface area contributed by atoms with Crippen LogP contribution in [0.3, 0.4) is 0 Å². The Morgan fingerprint density at radius 3 is 2.00 bits per heavy atom. The molecule has 2 amide bonds. The Labute approximate surface area is 137 Å². The van der Waals surface area contributed by atoms with Gasteiger partial charge in [-0.1, -0.05) is 0 Å². The standard InChI is InChI=1S/C16H28N2O5/c1-15(2,3)22-13(20)17-8-9-18(12(11-17)7-10-19)14(21)23-16(4,5)6/h10,12H,7-9,11H2,1-6H3. The number of ether oxygens (including phenoxy) is 2. The van der Waals surface area contributed by atoms with Crippen LogP contribution in [0.1, 0.15) is 48.0 Å². The molecule has 1 aliphatic heterocycles. The van der Waals surface area contributed by atoms with E-state index in [0.29, 0.717) is 13.1 Å². The Kier molecular flexibility index (Phi) is 6.02. The molecule has 1 atom stereocenters. The van der Waals surface area contributed by atoms with Crippen LogP contribution in [0.2, 0.25) is 0 Å². The fourth-order valence-electron chi connectivity index (χ4n) is 2.22. The molecule has 0 aromatic heterocycles. The van der Waals surface area contributed by atoms with Crippen LogP contribution in [0.25, 0.3) is 0 Å².